The van der Waals surface area contributed by atoms with E-state index in [9.17, 15) is 4.79 Å². The largest absolute Gasteiger partial charge is 0.303 e. The van der Waals surface area contributed by atoms with E-state index in [2.05, 4.69) is 4.98 Å². The molecule has 0 unspecified atom stereocenters. The topological polar surface area (TPSA) is 62.2 Å². The first-order valence-corrected chi connectivity index (χ1v) is 3.42. The fourth-order valence-corrected chi connectivity index (χ4v) is 1.16. The van der Waals surface area contributed by atoms with Gasteiger partial charge in [0.25, 0.3) is 0 Å². The Bertz CT molecular complexity index is 246. The lowest BCUT2D eigenvalue weighted by Gasteiger charge is -1.88. The molecule has 0 aliphatic carbocycles. The van der Waals surface area contributed by atoms with Crippen LogP contribution in [0.25, 0.3) is 0 Å². The van der Waals surface area contributed by atoms with Gasteiger partial charge in [-0.15, -0.1) is 11.3 Å². The number of aryl methyl sites for hydroxylation is 1. The van der Waals surface area contributed by atoms with Gasteiger partial charge in [0, 0.05) is 11.1 Å². The second-order valence-corrected chi connectivity index (χ2v) is 2.95. The van der Waals surface area contributed by atoms with E-state index in [1.165, 1.54) is 16.8 Å². The summed E-state index contributed by atoms with van der Waals surface area (Å²) >= 11 is 1.24. The van der Waals surface area contributed by atoms with Crippen LogP contribution in [0.4, 0.5) is 0 Å². The fourth-order valence-electron chi connectivity index (χ4n) is 0.508. The number of aromatic nitrogens is 1. The normalized spacial score (nSPS) is 9.40. The molecule has 4 nitrogen and oxygen atoms in total. The summed E-state index contributed by atoms with van der Waals surface area (Å²) in [6.07, 6.45) is 1.58. The molecule has 0 bridgehead atoms. The maximum atomic E-state index is 10.6. The molecule has 0 aliphatic rings. The van der Waals surface area contributed by atoms with E-state index in [0.717, 1.165) is 4.88 Å². The Morgan fingerprint density at radius 1 is 1.90 bits per heavy atom. The summed E-state index contributed by atoms with van der Waals surface area (Å²) in [5.74, 6) is -0.557. The van der Waals surface area contributed by atoms with Crippen LogP contribution >= 0.6 is 11.3 Å². The van der Waals surface area contributed by atoms with Crippen LogP contribution in [0.3, 0.4) is 0 Å². The van der Waals surface area contributed by atoms with Gasteiger partial charge in [-0.2, -0.15) is 0 Å². The van der Waals surface area contributed by atoms with Gasteiger partial charge in [-0.05, 0) is 6.92 Å². The molecule has 10 heavy (non-hydrogen) atoms. The first kappa shape index (κ1) is 7.17. The van der Waals surface area contributed by atoms with Gasteiger partial charge in [0.15, 0.2) is 5.01 Å². The average molecular weight is 158 g/mol. The molecule has 0 aliphatic heterocycles. The van der Waals surface area contributed by atoms with E-state index in [0.29, 0.717) is 0 Å². The number of carbonyl (C=O) groups excluding carboxylic acids is 1. The van der Waals surface area contributed by atoms with Crippen molar-refractivity contribution in [2.45, 2.75) is 6.92 Å². The minimum Gasteiger partial charge on any atom is -0.288 e. The van der Waals surface area contributed by atoms with Crippen LogP contribution in [0.15, 0.2) is 6.20 Å². The van der Waals surface area contributed by atoms with Gasteiger partial charge in [0.05, 0.1) is 0 Å². The molecule has 1 rings (SSSR count). The van der Waals surface area contributed by atoms with Gasteiger partial charge in [-0.3, -0.25) is 10.0 Å². The number of nitrogens with zero attached hydrogens (tertiary/aromatic N) is 1. The van der Waals surface area contributed by atoms with E-state index in [1.807, 2.05) is 6.92 Å². The van der Waals surface area contributed by atoms with Crippen LogP contribution in [-0.2, 0) is 0 Å². The predicted molar refractivity (Wildman–Crippen MR) is 36.1 cm³/mol. The Hall–Kier alpha value is -0.940. The molecule has 0 saturated heterocycles. The number of thiazole rings is 1. The molecule has 54 valence electrons. The summed E-state index contributed by atoms with van der Waals surface area (Å²) in [6.45, 7) is 1.84. The summed E-state index contributed by atoms with van der Waals surface area (Å²) in [6, 6.07) is 0. The summed E-state index contributed by atoms with van der Waals surface area (Å²) < 4.78 is 0. The Balaban J connectivity index is 2.85. The first-order chi connectivity index (χ1) is 4.74. The zero-order chi connectivity index (χ0) is 7.56. The lowest BCUT2D eigenvalue weighted by Crippen LogP contribution is -2.17. The van der Waals surface area contributed by atoms with Crippen molar-refractivity contribution in [1.29, 1.82) is 0 Å². The Morgan fingerprint density at radius 2 is 2.60 bits per heavy atom. The highest BCUT2D eigenvalue weighted by Crippen LogP contribution is 2.09. The van der Waals surface area contributed by atoms with Gasteiger partial charge in [-0.1, -0.05) is 0 Å². The molecular formula is C5H6N2O2S. The van der Waals surface area contributed by atoms with E-state index in [-0.39, 0.29) is 5.01 Å². The second kappa shape index (κ2) is 2.76. The van der Waals surface area contributed by atoms with Crippen LogP contribution in [0.1, 0.15) is 14.7 Å². The summed E-state index contributed by atoms with van der Waals surface area (Å²) in [7, 11) is 0. The van der Waals surface area contributed by atoms with Crippen molar-refractivity contribution >= 4 is 17.2 Å². The van der Waals surface area contributed by atoms with Crippen molar-refractivity contribution in [3.05, 3.63) is 16.1 Å². The smallest absolute Gasteiger partial charge is 0.288 e. The van der Waals surface area contributed by atoms with Crippen LogP contribution in [0, 0.1) is 6.92 Å². The number of carbonyl (C=O) groups is 1. The van der Waals surface area contributed by atoms with E-state index >= 15 is 0 Å². The molecule has 2 N–H and O–H groups in total. The van der Waals surface area contributed by atoms with Crippen LogP contribution < -0.4 is 5.48 Å². The Morgan fingerprint density at radius 3 is 3.00 bits per heavy atom. The number of hydrogen-bond donors (Lipinski definition) is 2. The molecule has 0 aromatic carbocycles. The molecule has 0 spiro atoms. The monoisotopic (exact) mass is 158 g/mol. The zero-order valence-electron chi connectivity index (χ0n) is 5.29. The summed E-state index contributed by atoms with van der Waals surface area (Å²) in [4.78, 5) is 15.3. The van der Waals surface area contributed by atoms with Crippen molar-refractivity contribution in [2.24, 2.45) is 0 Å². The maximum Gasteiger partial charge on any atom is 0.303 e. The van der Waals surface area contributed by atoms with E-state index in [4.69, 9.17) is 5.21 Å². The third kappa shape index (κ3) is 1.31. The van der Waals surface area contributed by atoms with Crippen molar-refractivity contribution < 1.29 is 10.0 Å². The number of nitrogens with one attached hydrogen (secondary N) is 1. The molecule has 1 aromatic rings. The Kier molecular flexibility index (Phi) is 1.98. The standard InChI is InChI=1S/C5H6N2O2S/c1-3-2-6-5(10-3)4(8)7-9/h2,9H,1H3,(H,7,8). The minimum absolute atomic E-state index is 0.278. The highest BCUT2D eigenvalue weighted by molar-refractivity contribution is 7.13. The second-order valence-electron chi connectivity index (χ2n) is 1.72. The SMILES string of the molecule is Cc1cnc(C(=O)NO)s1. The molecular weight excluding hydrogens is 152 g/mol. The maximum absolute atomic E-state index is 10.6. The van der Waals surface area contributed by atoms with Crippen LogP contribution in [0.5, 0.6) is 0 Å². The minimum atomic E-state index is -0.557. The molecule has 0 radical (unpaired) electrons. The molecule has 1 heterocycles. The third-order valence-electron chi connectivity index (χ3n) is 0.917. The summed E-state index contributed by atoms with van der Waals surface area (Å²) in [5, 5.41) is 8.44. The fraction of sp³-hybridized carbons (Fsp3) is 0.200. The van der Waals surface area contributed by atoms with Gasteiger partial charge in [0.2, 0.25) is 0 Å². The van der Waals surface area contributed by atoms with Gasteiger partial charge < -0.3 is 0 Å². The Labute approximate surface area is 61.5 Å². The molecule has 1 aromatic heterocycles. The molecule has 0 saturated carbocycles. The number of hydrogen-bond acceptors (Lipinski definition) is 4. The van der Waals surface area contributed by atoms with Crippen molar-refractivity contribution in [3.8, 4) is 0 Å². The average Bonchev–Trinajstić information content (AvgIpc) is 2.34. The number of rotatable bonds is 1. The predicted octanol–water partition coefficient (Wildman–Crippen LogP) is 0.571. The zero-order valence-corrected chi connectivity index (χ0v) is 6.10. The van der Waals surface area contributed by atoms with E-state index < -0.39 is 5.91 Å². The summed E-state index contributed by atoms with van der Waals surface area (Å²) in [5.41, 5.74) is 1.50. The van der Waals surface area contributed by atoms with Gasteiger partial charge >= 0.3 is 5.91 Å². The molecule has 0 atom stereocenters. The lowest BCUT2D eigenvalue weighted by molar-refractivity contribution is 0.0706. The van der Waals surface area contributed by atoms with Gasteiger partial charge in [0.1, 0.15) is 0 Å². The highest BCUT2D eigenvalue weighted by atomic mass is 32.1. The van der Waals surface area contributed by atoms with Crippen molar-refractivity contribution in [2.75, 3.05) is 0 Å². The molecule has 1 amide bonds. The highest BCUT2D eigenvalue weighted by Gasteiger charge is 2.06. The first-order valence-electron chi connectivity index (χ1n) is 2.61. The number of amides is 1. The van der Waals surface area contributed by atoms with Crippen molar-refractivity contribution in [3.63, 3.8) is 0 Å². The third-order valence-corrected chi connectivity index (χ3v) is 1.83. The molecule has 0 fully saturated rings. The quantitative estimate of drug-likeness (QED) is 0.464. The van der Waals surface area contributed by atoms with Crippen LogP contribution in [0.2, 0.25) is 0 Å². The van der Waals surface area contributed by atoms with Crippen molar-refractivity contribution in [1.82, 2.24) is 10.5 Å². The number of hydroxylamine groups is 1. The lowest BCUT2D eigenvalue weighted by atomic mass is 10.6. The van der Waals surface area contributed by atoms with E-state index in [1.54, 1.807) is 6.20 Å². The molecule has 5 heteroatoms. The van der Waals surface area contributed by atoms with Gasteiger partial charge in [-0.25, -0.2) is 10.5 Å². The van der Waals surface area contributed by atoms with Crippen LogP contribution in [-0.4, -0.2) is 16.1 Å².